The maximum Gasteiger partial charge on any atom is 0.123 e. The lowest BCUT2D eigenvalue weighted by Gasteiger charge is -2.03. The summed E-state index contributed by atoms with van der Waals surface area (Å²) in [6.45, 7) is 1.76. The van der Waals surface area contributed by atoms with Gasteiger partial charge in [-0.1, -0.05) is 0 Å². The first-order valence-corrected chi connectivity index (χ1v) is 4.10. The van der Waals surface area contributed by atoms with Crippen LogP contribution in [-0.4, -0.2) is 25.3 Å². The average Bonchev–Trinajstić information content (AvgIpc) is 2.13. The Kier molecular flexibility index (Phi) is 4.21. The SMILES string of the molecule is COCCOCc1ccnc(N)c1. The molecule has 0 radical (unpaired) electrons. The number of aromatic nitrogens is 1. The van der Waals surface area contributed by atoms with E-state index in [4.69, 9.17) is 15.2 Å². The number of methoxy groups -OCH3 is 1. The van der Waals surface area contributed by atoms with E-state index in [9.17, 15) is 0 Å². The van der Waals surface area contributed by atoms with Crippen LogP contribution in [0, 0.1) is 0 Å². The Hall–Kier alpha value is -1.13. The third-order valence-electron chi connectivity index (χ3n) is 1.55. The average molecular weight is 182 g/mol. The van der Waals surface area contributed by atoms with Crippen LogP contribution in [0.4, 0.5) is 5.82 Å². The van der Waals surface area contributed by atoms with Crippen molar-refractivity contribution in [1.29, 1.82) is 0 Å². The largest absolute Gasteiger partial charge is 0.384 e. The zero-order valence-corrected chi connectivity index (χ0v) is 7.69. The second-order valence-corrected chi connectivity index (χ2v) is 2.63. The Balaban J connectivity index is 2.28. The van der Waals surface area contributed by atoms with Crippen molar-refractivity contribution in [3.05, 3.63) is 23.9 Å². The van der Waals surface area contributed by atoms with Crippen molar-refractivity contribution < 1.29 is 9.47 Å². The summed E-state index contributed by atoms with van der Waals surface area (Å²) in [5.41, 5.74) is 6.53. The second kappa shape index (κ2) is 5.50. The van der Waals surface area contributed by atoms with Crippen LogP contribution >= 0.6 is 0 Å². The molecule has 0 atom stereocenters. The van der Waals surface area contributed by atoms with Crippen molar-refractivity contribution in [3.8, 4) is 0 Å². The fourth-order valence-electron chi connectivity index (χ4n) is 0.916. The summed E-state index contributed by atoms with van der Waals surface area (Å²) in [5.74, 6) is 0.521. The predicted octanol–water partition coefficient (Wildman–Crippen LogP) is 0.827. The molecule has 2 N–H and O–H groups in total. The summed E-state index contributed by atoms with van der Waals surface area (Å²) < 4.78 is 10.1. The number of anilines is 1. The molecular weight excluding hydrogens is 168 g/mol. The van der Waals surface area contributed by atoms with E-state index in [0.717, 1.165) is 5.56 Å². The van der Waals surface area contributed by atoms with Crippen LogP contribution in [0.3, 0.4) is 0 Å². The molecule has 0 unspecified atom stereocenters. The lowest BCUT2D eigenvalue weighted by atomic mass is 10.3. The third kappa shape index (κ3) is 3.87. The van der Waals surface area contributed by atoms with Crippen LogP contribution < -0.4 is 5.73 Å². The molecule has 1 rings (SSSR count). The molecule has 0 spiro atoms. The molecule has 1 aromatic rings. The summed E-state index contributed by atoms with van der Waals surface area (Å²) in [4.78, 5) is 3.88. The first kappa shape index (κ1) is 9.95. The Morgan fingerprint density at radius 1 is 1.46 bits per heavy atom. The summed E-state index contributed by atoms with van der Waals surface area (Å²) in [7, 11) is 1.65. The lowest BCUT2D eigenvalue weighted by Crippen LogP contribution is -2.02. The van der Waals surface area contributed by atoms with Gasteiger partial charge in [0.1, 0.15) is 5.82 Å². The minimum absolute atomic E-state index is 0.521. The lowest BCUT2D eigenvalue weighted by molar-refractivity contribution is 0.0616. The van der Waals surface area contributed by atoms with Gasteiger partial charge in [0.05, 0.1) is 19.8 Å². The molecule has 4 heteroatoms. The third-order valence-corrected chi connectivity index (χ3v) is 1.55. The number of nitrogens with zero attached hydrogens (tertiary/aromatic N) is 1. The molecule has 13 heavy (non-hydrogen) atoms. The minimum Gasteiger partial charge on any atom is -0.384 e. The molecule has 4 nitrogen and oxygen atoms in total. The molecule has 0 amide bonds. The van der Waals surface area contributed by atoms with Gasteiger partial charge in [0.15, 0.2) is 0 Å². The van der Waals surface area contributed by atoms with Crippen LogP contribution in [0.5, 0.6) is 0 Å². The minimum atomic E-state index is 0.521. The van der Waals surface area contributed by atoms with Crippen molar-refractivity contribution in [1.82, 2.24) is 4.98 Å². The summed E-state index contributed by atoms with van der Waals surface area (Å²) in [6, 6.07) is 3.68. The van der Waals surface area contributed by atoms with Gasteiger partial charge in [-0.3, -0.25) is 0 Å². The highest BCUT2D eigenvalue weighted by Gasteiger charge is 1.93. The Bertz CT molecular complexity index is 253. The molecule has 0 saturated carbocycles. The number of hydrogen-bond donors (Lipinski definition) is 1. The fourth-order valence-corrected chi connectivity index (χ4v) is 0.916. The van der Waals surface area contributed by atoms with E-state index in [1.165, 1.54) is 0 Å². The highest BCUT2D eigenvalue weighted by atomic mass is 16.5. The van der Waals surface area contributed by atoms with Gasteiger partial charge in [-0.05, 0) is 17.7 Å². The normalized spacial score (nSPS) is 10.2. The Morgan fingerprint density at radius 2 is 2.31 bits per heavy atom. The maximum absolute atomic E-state index is 5.50. The summed E-state index contributed by atoms with van der Waals surface area (Å²) >= 11 is 0. The van der Waals surface area contributed by atoms with Gasteiger partial charge in [0.2, 0.25) is 0 Å². The van der Waals surface area contributed by atoms with E-state index in [1.807, 2.05) is 6.07 Å². The van der Waals surface area contributed by atoms with Crippen molar-refractivity contribution in [2.45, 2.75) is 6.61 Å². The maximum atomic E-state index is 5.50. The van der Waals surface area contributed by atoms with Gasteiger partial charge in [0.25, 0.3) is 0 Å². The Labute approximate surface area is 77.7 Å². The summed E-state index contributed by atoms with van der Waals surface area (Å²) in [5, 5.41) is 0. The molecule has 72 valence electrons. The zero-order chi connectivity index (χ0) is 9.52. The van der Waals surface area contributed by atoms with Crippen LogP contribution in [0.2, 0.25) is 0 Å². The van der Waals surface area contributed by atoms with E-state index in [2.05, 4.69) is 4.98 Å². The number of pyridine rings is 1. The van der Waals surface area contributed by atoms with E-state index < -0.39 is 0 Å². The molecule has 0 aliphatic heterocycles. The van der Waals surface area contributed by atoms with Crippen LogP contribution in [0.25, 0.3) is 0 Å². The van der Waals surface area contributed by atoms with Gasteiger partial charge in [-0.2, -0.15) is 0 Å². The van der Waals surface area contributed by atoms with Gasteiger partial charge in [-0.25, -0.2) is 4.98 Å². The van der Waals surface area contributed by atoms with E-state index >= 15 is 0 Å². The van der Waals surface area contributed by atoms with Crippen molar-refractivity contribution in [2.24, 2.45) is 0 Å². The van der Waals surface area contributed by atoms with Crippen molar-refractivity contribution in [2.75, 3.05) is 26.1 Å². The van der Waals surface area contributed by atoms with E-state index in [-0.39, 0.29) is 0 Å². The molecular formula is C9H14N2O2. The molecule has 0 aliphatic rings. The van der Waals surface area contributed by atoms with Gasteiger partial charge in [-0.15, -0.1) is 0 Å². The van der Waals surface area contributed by atoms with Gasteiger partial charge < -0.3 is 15.2 Å². The first-order chi connectivity index (χ1) is 6.33. The molecule has 0 aromatic carbocycles. The molecule has 0 aliphatic carbocycles. The standard InChI is InChI=1S/C9H14N2O2/c1-12-4-5-13-7-8-2-3-11-9(10)6-8/h2-3,6H,4-5,7H2,1H3,(H2,10,11). The number of ether oxygens (including phenoxy) is 2. The molecule has 0 saturated heterocycles. The van der Waals surface area contributed by atoms with Crippen molar-refractivity contribution >= 4 is 5.82 Å². The van der Waals surface area contributed by atoms with E-state index in [1.54, 1.807) is 19.4 Å². The number of hydrogen-bond acceptors (Lipinski definition) is 4. The quantitative estimate of drug-likeness (QED) is 0.685. The summed E-state index contributed by atoms with van der Waals surface area (Å²) in [6.07, 6.45) is 1.67. The van der Waals surface area contributed by atoms with Gasteiger partial charge >= 0.3 is 0 Å². The fraction of sp³-hybridized carbons (Fsp3) is 0.444. The zero-order valence-electron chi connectivity index (χ0n) is 7.69. The smallest absolute Gasteiger partial charge is 0.123 e. The van der Waals surface area contributed by atoms with Gasteiger partial charge in [0, 0.05) is 13.3 Å². The molecule has 0 bridgehead atoms. The van der Waals surface area contributed by atoms with Crippen LogP contribution in [-0.2, 0) is 16.1 Å². The van der Waals surface area contributed by atoms with Crippen LogP contribution in [0.15, 0.2) is 18.3 Å². The van der Waals surface area contributed by atoms with Crippen molar-refractivity contribution in [3.63, 3.8) is 0 Å². The monoisotopic (exact) mass is 182 g/mol. The first-order valence-electron chi connectivity index (χ1n) is 4.10. The number of nitrogens with two attached hydrogens (primary N) is 1. The Morgan fingerprint density at radius 3 is 3.00 bits per heavy atom. The number of rotatable bonds is 5. The second-order valence-electron chi connectivity index (χ2n) is 2.63. The highest BCUT2D eigenvalue weighted by molar-refractivity contribution is 5.31. The predicted molar refractivity (Wildman–Crippen MR) is 50.2 cm³/mol. The van der Waals surface area contributed by atoms with E-state index in [0.29, 0.717) is 25.6 Å². The topological polar surface area (TPSA) is 57.4 Å². The highest BCUT2D eigenvalue weighted by Crippen LogP contribution is 2.03. The molecule has 1 heterocycles. The molecule has 0 fully saturated rings. The number of nitrogen functional groups attached to an aromatic ring is 1. The molecule has 1 aromatic heterocycles. The van der Waals surface area contributed by atoms with Crippen LogP contribution in [0.1, 0.15) is 5.56 Å².